The van der Waals surface area contributed by atoms with Crippen LogP contribution in [0.1, 0.15) is 20.3 Å². The summed E-state index contributed by atoms with van der Waals surface area (Å²) in [6, 6.07) is 7.27. The Balaban J connectivity index is 2.04. The molecule has 0 atom stereocenters. The highest BCUT2D eigenvalue weighted by molar-refractivity contribution is 7.14. The third-order valence-corrected chi connectivity index (χ3v) is 3.44. The fourth-order valence-corrected chi connectivity index (χ4v) is 2.43. The van der Waals surface area contributed by atoms with Crippen LogP contribution in [-0.4, -0.2) is 24.4 Å². The summed E-state index contributed by atoms with van der Waals surface area (Å²) < 4.78 is 5.22. The van der Waals surface area contributed by atoms with Gasteiger partial charge >= 0.3 is 0 Å². The van der Waals surface area contributed by atoms with Crippen LogP contribution >= 0.6 is 11.3 Å². The lowest BCUT2D eigenvalue weighted by Gasteiger charge is -2.14. The molecule has 5 heteroatoms. The van der Waals surface area contributed by atoms with E-state index in [4.69, 9.17) is 10.2 Å². The molecule has 0 aliphatic rings. The Labute approximate surface area is 115 Å². The van der Waals surface area contributed by atoms with E-state index in [0.29, 0.717) is 18.0 Å². The SMILES string of the molecule is CN(Cc1ccco1)C(=O)c1ccc(C#CCN)s1. The van der Waals surface area contributed by atoms with Gasteiger partial charge in [-0.25, -0.2) is 0 Å². The second-order valence-corrected chi connectivity index (χ2v) is 4.99. The molecule has 2 aromatic rings. The summed E-state index contributed by atoms with van der Waals surface area (Å²) in [5, 5.41) is 0. The summed E-state index contributed by atoms with van der Waals surface area (Å²) in [5.74, 6) is 6.41. The van der Waals surface area contributed by atoms with Crippen molar-refractivity contribution in [3.05, 3.63) is 46.0 Å². The van der Waals surface area contributed by atoms with Crippen molar-refractivity contribution in [2.24, 2.45) is 5.73 Å². The lowest BCUT2D eigenvalue weighted by molar-refractivity contribution is 0.0780. The highest BCUT2D eigenvalue weighted by Crippen LogP contribution is 2.18. The number of hydrogen-bond donors (Lipinski definition) is 1. The van der Waals surface area contributed by atoms with Crippen molar-refractivity contribution in [3.8, 4) is 11.8 Å². The molecule has 0 fully saturated rings. The summed E-state index contributed by atoms with van der Waals surface area (Å²) >= 11 is 1.37. The molecule has 0 unspecified atom stereocenters. The molecule has 0 bridgehead atoms. The number of thiophene rings is 1. The van der Waals surface area contributed by atoms with Crippen LogP contribution in [0.2, 0.25) is 0 Å². The summed E-state index contributed by atoms with van der Waals surface area (Å²) in [6.07, 6.45) is 1.60. The Morgan fingerprint density at radius 1 is 1.47 bits per heavy atom. The Morgan fingerprint density at radius 2 is 2.32 bits per heavy atom. The van der Waals surface area contributed by atoms with Gasteiger partial charge in [-0.1, -0.05) is 11.8 Å². The van der Waals surface area contributed by atoms with Crippen LogP contribution in [0.15, 0.2) is 34.9 Å². The average molecular weight is 274 g/mol. The lowest BCUT2D eigenvalue weighted by atomic mass is 10.3. The van der Waals surface area contributed by atoms with E-state index in [1.807, 2.05) is 12.1 Å². The topological polar surface area (TPSA) is 59.5 Å². The zero-order valence-electron chi connectivity index (χ0n) is 10.6. The van der Waals surface area contributed by atoms with Crippen LogP contribution in [0, 0.1) is 11.8 Å². The largest absolute Gasteiger partial charge is 0.467 e. The van der Waals surface area contributed by atoms with Gasteiger partial charge in [0, 0.05) is 7.05 Å². The third kappa shape index (κ3) is 3.47. The molecule has 0 aliphatic heterocycles. The van der Waals surface area contributed by atoms with Gasteiger partial charge in [0.1, 0.15) is 5.76 Å². The van der Waals surface area contributed by atoms with Crippen molar-refractivity contribution in [1.82, 2.24) is 4.90 Å². The predicted molar refractivity (Wildman–Crippen MR) is 74.8 cm³/mol. The van der Waals surface area contributed by atoms with Crippen molar-refractivity contribution in [2.45, 2.75) is 6.54 Å². The zero-order valence-corrected chi connectivity index (χ0v) is 11.4. The van der Waals surface area contributed by atoms with Crippen molar-refractivity contribution in [2.75, 3.05) is 13.6 Å². The molecule has 2 N–H and O–H groups in total. The first-order chi connectivity index (χ1) is 9.20. The molecule has 98 valence electrons. The van der Waals surface area contributed by atoms with Gasteiger partial charge in [-0.3, -0.25) is 4.79 Å². The Morgan fingerprint density at radius 3 is 3.00 bits per heavy atom. The van der Waals surface area contributed by atoms with Crippen LogP contribution < -0.4 is 5.73 Å². The number of nitrogens with two attached hydrogens (primary N) is 1. The van der Waals surface area contributed by atoms with Gasteiger partial charge in [0.2, 0.25) is 0 Å². The van der Waals surface area contributed by atoms with Gasteiger partial charge in [-0.15, -0.1) is 11.3 Å². The van der Waals surface area contributed by atoms with E-state index in [-0.39, 0.29) is 5.91 Å². The molecule has 2 rings (SSSR count). The summed E-state index contributed by atoms with van der Waals surface area (Å²) in [4.78, 5) is 15.3. The number of nitrogens with zero attached hydrogens (tertiary/aromatic N) is 1. The maximum absolute atomic E-state index is 12.2. The maximum Gasteiger partial charge on any atom is 0.264 e. The monoisotopic (exact) mass is 274 g/mol. The first-order valence-electron chi connectivity index (χ1n) is 5.77. The van der Waals surface area contributed by atoms with Crippen LogP contribution in [-0.2, 0) is 6.54 Å². The highest BCUT2D eigenvalue weighted by Gasteiger charge is 2.15. The molecule has 0 aliphatic carbocycles. The van der Waals surface area contributed by atoms with Crippen LogP contribution in [0.4, 0.5) is 0 Å². The van der Waals surface area contributed by atoms with Crippen LogP contribution in [0.3, 0.4) is 0 Å². The van der Waals surface area contributed by atoms with Crippen molar-refractivity contribution in [1.29, 1.82) is 0 Å². The van der Waals surface area contributed by atoms with Crippen molar-refractivity contribution < 1.29 is 9.21 Å². The quantitative estimate of drug-likeness (QED) is 0.870. The standard InChI is InChI=1S/C14H14N2O2S/c1-16(10-11-4-3-9-18-11)14(17)13-7-6-12(19-13)5-2-8-15/h3-4,6-7,9H,8,10,15H2,1H3. The second kappa shape index (κ2) is 6.23. The summed E-state index contributed by atoms with van der Waals surface area (Å²) in [6.45, 7) is 0.771. The average Bonchev–Trinajstić information content (AvgIpc) is 3.06. The minimum Gasteiger partial charge on any atom is -0.467 e. The number of rotatable bonds is 3. The van der Waals surface area contributed by atoms with Crippen LogP contribution in [0.5, 0.6) is 0 Å². The molecule has 2 heterocycles. The third-order valence-electron chi connectivity index (χ3n) is 2.45. The Kier molecular flexibility index (Phi) is 4.39. The van der Waals surface area contributed by atoms with E-state index >= 15 is 0 Å². The lowest BCUT2D eigenvalue weighted by Crippen LogP contribution is -2.25. The molecular formula is C14H14N2O2S. The normalized spacial score (nSPS) is 9.79. The second-order valence-electron chi connectivity index (χ2n) is 3.91. The van der Waals surface area contributed by atoms with Gasteiger partial charge in [0.05, 0.1) is 29.1 Å². The number of amides is 1. The number of furan rings is 1. The molecule has 0 radical (unpaired) electrons. The van der Waals surface area contributed by atoms with Crippen LogP contribution in [0.25, 0.3) is 0 Å². The summed E-state index contributed by atoms with van der Waals surface area (Å²) in [5.41, 5.74) is 5.31. The highest BCUT2D eigenvalue weighted by atomic mass is 32.1. The van der Waals surface area contributed by atoms with E-state index in [2.05, 4.69) is 11.8 Å². The molecule has 1 amide bonds. The molecule has 0 saturated carbocycles. The molecule has 0 spiro atoms. The Bertz CT molecular complexity index is 605. The first kappa shape index (κ1) is 13.4. The molecule has 2 aromatic heterocycles. The molecule has 19 heavy (non-hydrogen) atoms. The number of carbonyl (C=O) groups is 1. The van der Waals surface area contributed by atoms with Gasteiger partial charge in [0.25, 0.3) is 5.91 Å². The first-order valence-corrected chi connectivity index (χ1v) is 6.59. The fraction of sp³-hybridized carbons (Fsp3) is 0.214. The van der Waals surface area contributed by atoms with E-state index in [1.165, 1.54) is 11.3 Å². The molecule has 0 saturated heterocycles. The van der Waals surface area contributed by atoms with Crippen molar-refractivity contribution in [3.63, 3.8) is 0 Å². The minimum absolute atomic E-state index is 0.0396. The van der Waals surface area contributed by atoms with E-state index in [9.17, 15) is 4.79 Å². The number of carbonyl (C=O) groups excluding carboxylic acids is 1. The molecular weight excluding hydrogens is 260 g/mol. The molecule has 0 aromatic carbocycles. The number of hydrogen-bond acceptors (Lipinski definition) is 4. The maximum atomic E-state index is 12.2. The molecule has 4 nitrogen and oxygen atoms in total. The van der Waals surface area contributed by atoms with Gasteiger partial charge in [-0.05, 0) is 24.3 Å². The minimum atomic E-state index is -0.0396. The zero-order chi connectivity index (χ0) is 13.7. The Hall–Kier alpha value is -2.03. The van der Waals surface area contributed by atoms with E-state index < -0.39 is 0 Å². The predicted octanol–water partition coefficient (Wildman–Crippen LogP) is 1.92. The summed E-state index contributed by atoms with van der Waals surface area (Å²) in [7, 11) is 1.75. The van der Waals surface area contributed by atoms with Gasteiger partial charge in [-0.2, -0.15) is 0 Å². The van der Waals surface area contributed by atoms with E-state index in [1.54, 1.807) is 30.3 Å². The van der Waals surface area contributed by atoms with Gasteiger partial charge < -0.3 is 15.1 Å². The fourth-order valence-electron chi connectivity index (χ4n) is 1.55. The van der Waals surface area contributed by atoms with E-state index in [0.717, 1.165) is 10.6 Å². The smallest absolute Gasteiger partial charge is 0.264 e. The van der Waals surface area contributed by atoms with Crippen molar-refractivity contribution >= 4 is 17.2 Å². The van der Waals surface area contributed by atoms with Gasteiger partial charge in [0.15, 0.2) is 0 Å².